The summed E-state index contributed by atoms with van der Waals surface area (Å²) in [6, 6.07) is 23.4. The van der Waals surface area contributed by atoms with E-state index < -0.39 is 59.4 Å². The molecule has 0 unspecified atom stereocenters. The number of alkyl carbamates (subject to hydrolysis) is 1. The molecule has 14 heteroatoms. The zero-order valence-corrected chi connectivity index (χ0v) is 33.6. The minimum absolute atomic E-state index is 0.0346. The van der Waals surface area contributed by atoms with Crippen molar-refractivity contribution in [1.82, 2.24) is 26.3 Å². The number of H-pyrrole nitrogens is 1. The van der Waals surface area contributed by atoms with Crippen LogP contribution in [0.5, 0.6) is 11.5 Å². The van der Waals surface area contributed by atoms with Gasteiger partial charge in [-0.05, 0) is 79.8 Å². The Morgan fingerprint density at radius 2 is 1.45 bits per heavy atom. The number of aromatic amines is 1. The number of carbonyl (C=O) groups is 5. The lowest BCUT2D eigenvalue weighted by atomic mass is 9.89. The number of benzene rings is 4. The molecular formula is C44H51N5O9. The summed E-state index contributed by atoms with van der Waals surface area (Å²) in [6.07, 6.45) is 0.549. The maximum atomic E-state index is 14.5. The van der Waals surface area contributed by atoms with Crippen molar-refractivity contribution in [3.63, 3.8) is 0 Å². The third kappa shape index (κ3) is 11.3. The Labute approximate surface area is 337 Å². The molecule has 0 aliphatic rings. The Morgan fingerprint density at radius 1 is 0.759 bits per heavy atom. The van der Waals surface area contributed by atoms with E-state index in [1.165, 1.54) is 21.1 Å². The Bertz CT molecular complexity index is 2280. The Balaban J connectivity index is 1.42. The van der Waals surface area contributed by atoms with Crippen LogP contribution in [-0.2, 0) is 43.2 Å². The second-order valence-electron chi connectivity index (χ2n) is 15.3. The molecule has 0 fully saturated rings. The van der Waals surface area contributed by atoms with Crippen LogP contribution >= 0.6 is 0 Å². The first-order valence-corrected chi connectivity index (χ1v) is 18.9. The van der Waals surface area contributed by atoms with Crippen molar-refractivity contribution < 1.29 is 43.3 Å². The molecule has 1 aromatic heterocycles. The number of hydrogen-bond acceptors (Lipinski definition) is 8. The van der Waals surface area contributed by atoms with Crippen molar-refractivity contribution in [1.29, 1.82) is 0 Å². The Hall–Kier alpha value is -6.57. The van der Waals surface area contributed by atoms with Crippen LogP contribution in [0.15, 0.2) is 91.1 Å². The molecule has 0 spiro atoms. The number of carboxylic acids is 1. The summed E-state index contributed by atoms with van der Waals surface area (Å²) in [4.78, 5) is 70.8. The fraction of sp³-hybridized carbons (Fsp3) is 0.341. The first kappa shape index (κ1) is 42.6. The number of aromatic nitrogens is 1. The second-order valence-corrected chi connectivity index (χ2v) is 15.3. The van der Waals surface area contributed by atoms with Gasteiger partial charge in [0.15, 0.2) is 11.5 Å². The minimum atomic E-state index is -1.76. The summed E-state index contributed by atoms with van der Waals surface area (Å²) in [6.45, 7) is 6.72. The topological polar surface area (TPSA) is 197 Å². The lowest BCUT2D eigenvalue weighted by molar-refractivity contribution is -0.142. The monoisotopic (exact) mass is 793 g/mol. The minimum Gasteiger partial charge on any atom is -0.493 e. The van der Waals surface area contributed by atoms with Crippen molar-refractivity contribution in [2.45, 2.75) is 76.6 Å². The molecular weight excluding hydrogens is 743 g/mol. The van der Waals surface area contributed by atoms with Gasteiger partial charge in [-0.3, -0.25) is 19.2 Å². The van der Waals surface area contributed by atoms with E-state index in [1.54, 1.807) is 39.1 Å². The van der Waals surface area contributed by atoms with E-state index in [1.807, 2.05) is 72.8 Å². The lowest BCUT2D eigenvalue weighted by Crippen LogP contribution is -2.64. The lowest BCUT2D eigenvalue weighted by Gasteiger charge is -2.33. The molecule has 4 amide bonds. The maximum Gasteiger partial charge on any atom is 0.408 e. The van der Waals surface area contributed by atoms with Crippen LogP contribution in [0.3, 0.4) is 0 Å². The van der Waals surface area contributed by atoms with Crippen molar-refractivity contribution >= 4 is 51.5 Å². The van der Waals surface area contributed by atoms with Gasteiger partial charge in [0, 0.05) is 36.5 Å². The number of carbonyl (C=O) groups excluding carboxylic acids is 4. The Kier molecular flexibility index (Phi) is 13.6. The molecule has 5 rings (SSSR count). The summed E-state index contributed by atoms with van der Waals surface area (Å²) in [5.74, 6) is -2.49. The molecule has 0 aliphatic heterocycles. The van der Waals surface area contributed by atoms with Crippen molar-refractivity contribution in [3.8, 4) is 11.5 Å². The van der Waals surface area contributed by atoms with Gasteiger partial charge in [0.1, 0.15) is 23.2 Å². The molecule has 6 N–H and O–H groups in total. The van der Waals surface area contributed by atoms with Crippen molar-refractivity contribution in [2.24, 2.45) is 0 Å². The number of methoxy groups -OCH3 is 2. The van der Waals surface area contributed by atoms with Crippen LogP contribution in [0.2, 0.25) is 0 Å². The highest BCUT2D eigenvalue weighted by Crippen LogP contribution is 2.28. The molecule has 306 valence electrons. The van der Waals surface area contributed by atoms with E-state index >= 15 is 0 Å². The summed E-state index contributed by atoms with van der Waals surface area (Å²) in [5, 5.41) is 23.4. The van der Waals surface area contributed by atoms with E-state index in [0.29, 0.717) is 23.5 Å². The fourth-order valence-electron chi connectivity index (χ4n) is 6.67. The van der Waals surface area contributed by atoms with Gasteiger partial charge in [-0.25, -0.2) is 4.79 Å². The third-order valence-electron chi connectivity index (χ3n) is 9.54. The van der Waals surface area contributed by atoms with E-state index in [0.717, 1.165) is 32.8 Å². The first-order chi connectivity index (χ1) is 27.6. The van der Waals surface area contributed by atoms with Crippen LogP contribution in [-0.4, -0.2) is 83.9 Å². The van der Waals surface area contributed by atoms with Crippen LogP contribution in [0.4, 0.5) is 4.79 Å². The van der Waals surface area contributed by atoms with Crippen LogP contribution < -0.4 is 30.7 Å². The average Bonchev–Trinajstić information content (AvgIpc) is 3.58. The summed E-state index contributed by atoms with van der Waals surface area (Å²) < 4.78 is 16.2. The molecule has 1 heterocycles. The van der Waals surface area contributed by atoms with E-state index in [4.69, 9.17) is 14.2 Å². The molecule has 4 aromatic carbocycles. The normalized spacial score (nSPS) is 13.4. The van der Waals surface area contributed by atoms with E-state index in [9.17, 15) is 29.1 Å². The van der Waals surface area contributed by atoms with Gasteiger partial charge in [0.2, 0.25) is 17.7 Å². The molecule has 0 bridgehead atoms. The van der Waals surface area contributed by atoms with Crippen LogP contribution in [0.25, 0.3) is 21.7 Å². The van der Waals surface area contributed by atoms with E-state index in [2.05, 4.69) is 26.3 Å². The molecule has 0 aliphatic carbocycles. The quantitative estimate of drug-likeness (QED) is 0.0732. The van der Waals surface area contributed by atoms with E-state index in [-0.39, 0.29) is 19.4 Å². The summed E-state index contributed by atoms with van der Waals surface area (Å²) in [7, 11) is 3.04. The van der Waals surface area contributed by atoms with Gasteiger partial charge in [-0.1, -0.05) is 66.7 Å². The molecule has 0 radical (unpaired) electrons. The Morgan fingerprint density at radius 3 is 2.16 bits per heavy atom. The molecule has 3 atom stereocenters. The van der Waals surface area contributed by atoms with Gasteiger partial charge in [-0.15, -0.1) is 0 Å². The zero-order chi connectivity index (χ0) is 42.0. The number of fused-ring (bicyclic) bond motifs is 2. The van der Waals surface area contributed by atoms with Crippen LogP contribution in [0, 0.1) is 0 Å². The number of amides is 4. The number of hydrogen-bond donors (Lipinski definition) is 6. The fourth-order valence-corrected chi connectivity index (χ4v) is 6.67. The number of carboxylic acid groups (broad SMARTS) is 1. The van der Waals surface area contributed by atoms with Crippen LogP contribution in [0.1, 0.15) is 50.8 Å². The SMILES string of the molecule is COc1ccc(CCNC(=O)[C@H](CC(=O)O)NC(=O)[C@](C)(Cc2ccc3ccccc3c2)NC(=O)[C@H](Cc2c[nH]c3ccccc23)NC(=O)OC(C)(C)C)cc1OC. The first-order valence-electron chi connectivity index (χ1n) is 18.9. The summed E-state index contributed by atoms with van der Waals surface area (Å²) >= 11 is 0. The van der Waals surface area contributed by atoms with Crippen molar-refractivity contribution in [3.05, 3.63) is 108 Å². The van der Waals surface area contributed by atoms with Gasteiger partial charge >= 0.3 is 12.1 Å². The number of ether oxygens (including phenoxy) is 3. The molecule has 0 saturated heterocycles. The molecule has 0 saturated carbocycles. The number of para-hydroxylation sites is 1. The molecule has 5 aromatic rings. The predicted octanol–water partition coefficient (Wildman–Crippen LogP) is 5.21. The number of nitrogens with one attached hydrogen (secondary N) is 5. The zero-order valence-electron chi connectivity index (χ0n) is 33.6. The van der Waals surface area contributed by atoms with Crippen molar-refractivity contribution in [2.75, 3.05) is 20.8 Å². The highest BCUT2D eigenvalue weighted by Gasteiger charge is 2.40. The largest absolute Gasteiger partial charge is 0.493 e. The summed E-state index contributed by atoms with van der Waals surface area (Å²) in [5.41, 5.74) is 0.449. The highest BCUT2D eigenvalue weighted by atomic mass is 16.6. The van der Waals surface area contributed by atoms with Gasteiger partial charge < -0.3 is 45.6 Å². The standard InChI is InChI=1S/C44H51N5O9/c1-43(2,3)58-42(55)48-34(23-31-26-46-33-14-10-9-13-32(31)33)40(53)49-44(4,25-28-15-17-29-11-7-8-12-30(29)21-28)41(54)47-35(24-38(50)51)39(52)45-20-19-27-16-18-36(56-5)37(22-27)57-6/h7-18,21-22,26,34-35,46H,19-20,23-25H2,1-6H3,(H,45,52)(H,47,54)(H,48,55)(H,49,53)(H,50,51)/t34-,35-,44-/m0/s1. The average molecular weight is 794 g/mol. The van der Waals surface area contributed by atoms with Gasteiger partial charge in [0.05, 0.1) is 20.6 Å². The van der Waals surface area contributed by atoms with Gasteiger partial charge in [0.25, 0.3) is 0 Å². The smallest absolute Gasteiger partial charge is 0.408 e. The molecule has 58 heavy (non-hydrogen) atoms. The third-order valence-corrected chi connectivity index (χ3v) is 9.54. The number of rotatable bonds is 17. The maximum absolute atomic E-state index is 14.5. The highest BCUT2D eigenvalue weighted by molar-refractivity contribution is 5.98. The van der Waals surface area contributed by atoms with Gasteiger partial charge in [-0.2, -0.15) is 0 Å². The second kappa shape index (κ2) is 18.6. The molecule has 14 nitrogen and oxygen atoms in total. The predicted molar refractivity (Wildman–Crippen MR) is 220 cm³/mol. The number of aliphatic carboxylic acids is 1.